The summed E-state index contributed by atoms with van der Waals surface area (Å²) in [4.78, 5) is 13.4. The molecule has 0 unspecified atom stereocenters. The Bertz CT molecular complexity index is 1050. The first-order valence-electron chi connectivity index (χ1n) is 7.63. The molecule has 2 heterocycles. The van der Waals surface area contributed by atoms with Gasteiger partial charge in [-0.15, -0.1) is 11.3 Å². The van der Waals surface area contributed by atoms with Crippen LogP contribution in [0.5, 0.6) is 0 Å². The van der Waals surface area contributed by atoms with Gasteiger partial charge in [0, 0.05) is 32.4 Å². The molecule has 2 aromatic heterocycles. The highest BCUT2D eigenvalue weighted by Gasteiger charge is 2.06. The number of benzene rings is 2. The van der Waals surface area contributed by atoms with Crippen molar-refractivity contribution in [2.75, 3.05) is 0 Å². The lowest BCUT2D eigenvalue weighted by Gasteiger charge is -2.08. The molecule has 0 aliphatic rings. The van der Waals surface area contributed by atoms with Crippen LogP contribution in [-0.4, -0.2) is 4.57 Å². The van der Waals surface area contributed by atoms with Gasteiger partial charge in [-0.25, -0.2) is 0 Å². The molecule has 2 nitrogen and oxygen atoms in total. The van der Waals surface area contributed by atoms with E-state index in [1.807, 2.05) is 48.7 Å². The topological polar surface area (TPSA) is 22.0 Å². The molecule has 4 rings (SSSR count). The maximum absolute atomic E-state index is 12.2. The van der Waals surface area contributed by atoms with Crippen molar-refractivity contribution in [3.63, 3.8) is 0 Å². The molecule has 0 radical (unpaired) electrons. The Labute approximate surface area is 148 Å². The number of thiophene rings is 1. The highest BCUT2D eigenvalue weighted by Crippen LogP contribution is 2.32. The number of halogens is 1. The Morgan fingerprint density at radius 1 is 0.958 bits per heavy atom. The normalized spacial score (nSPS) is 11.0. The highest BCUT2D eigenvalue weighted by molar-refractivity contribution is 7.22. The van der Waals surface area contributed by atoms with Crippen molar-refractivity contribution in [2.24, 2.45) is 0 Å². The lowest BCUT2D eigenvalue weighted by Crippen LogP contribution is -2.18. The van der Waals surface area contributed by atoms with E-state index in [1.54, 1.807) is 22.0 Å². The van der Waals surface area contributed by atoms with E-state index in [2.05, 4.69) is 18.2 Å². The molecular formula is C20H14ClNOS. The minimum Gasteiger partial charge on any atom is -0.310 e. The molecule has 24 heavy (non-hydrogen) atoms. The lowest BCUT2D eigenvalue weighted by atomic mass is 10.2. The van der Waals surface area contributed by atoms with Gasteiger partial charge < -0.3 is 4.57 Å². The summed E-state index contributed by atoms with van der Waals surface area (Å²) in [6.45, 7) is 0.512. The third-order valence-electron chi connectivity index (χ3n) is 3.94. The minimum absolute atomic E-state index is 0.0140. The van der Waals surface area contributed by atoms with Crippen molar-refractivity contribution in [3.8, 4) is 10.4 Å². The van der Waals surface area contributed by atoms with E-state index in [1.165, 1.54) is 10.1 Å². The van der Waals surface area contributed by atoms with Crippen molar-refractivity contribution in [3.05, 3.63) is 93.9 Å². The molecule has 4 heteroatoms. The zero-order valence-electron chi connectivity index (χ0n) is 12.8. The van der Waals surface area contributed by atoms with Crippen LogP contribution in [0.4, 0.5) is 0 Å². The van der Waals surface area contributed by atoms with Crippen LogP contribution in [0.3, 0.4) is 0 Å². The summed E-state index contributed by atoms with van der Waals surface area (Å²) < 4.78 is 2.98. The van der Waals surface area contributed by atoms with Crippen LogP contribution in [0.25, 0.3) is 20.5 Å². The molecule has 4 aromatic rings. The summed E-state index contributed by atoms with van der Waals surface area (Å²) in [7, 11) is 0. The van der Waals surface area contributed by atoms with Crippen molar-refractivity contribution >= 4 is 33.0 Å². The van der Waals surface area contributed by atoms with Gasteiger partial charge in [-0.1, -0.05) is 41.9 Å². The van der Waals surface area contributed by atoms with Crippen LogP contribution in [0.15, 0.2) is 77.7 Å². The maximum Gasteiger partial charge on any atom is 0.250 e. The second-order valence-corrected chi connectivity index (χ2v) is 7.18. The number of hydrogen-bond donors (Lipinski definition) is 0. The third-order valence-corrected chi connectivity index (χ3v) is 5.34. The first-order valence-corrected chi connectivity index (χ1v) is 8.82. The van der Waals surface area contributed by atoms with E-state index in [-0.39, 0.29) is 5.56 Å². The zero-order valence-corrected chi connectivity index (χ0v) is 14.3. The standard InChI is InChI=1S/C20H14ClNOS/c21-17-6-3-4-14(10-17)12-22-13-16(8-9-20(22)23)19-11-15-5-1-2-7-18(15)24-19/h1-11,13H,12H2. The van der Waals surface area contributed by atoms with E-state index < -0.39 is 0 Å². The van der Waals surface area contributed by atoms with Gasteiger partial charge in [0.15, 0.2) is 0 Å². The van der Waals surface area contributed by atoms with E-state index >= 15 is 0 Å². The predicted molar refractivity (Wildman–Crippen MR) is 102 cm³/mol. The number of fused-ring (bicyclic) bond motifs is 1. The molecule has 0 atom stereocenters. The largest absolute Gasteiger partial charge is 0.310 e. The van der Waals surface area contributed by atoms with Gasteiger partial charge in [0.2, 0.25) is 0 Å². The number of pyridine rings is 1. The molecule has 0 saturated heterocycles. The molecule has 0 saturated carbocycles. The monoisotopic (exact) mass is 351 g/mol. The van der Waals surface area contributed by atoms with Gasteiger partial charge in [0.25, 0.3) is 5.56 Å². The van der Waals surface area contributed by atoms with Crippen LogP contribution < -0.4 is 5.56 Å². The summed E-state index contributed by atoms with van der Waals surface area (Å²) in [6, 6.07) is 21.6. The Morgan fingerprint density at radius 2 is 1.83 bits per heavy atom. The minimum atomic E-state index is -0.0140. The Hall–Kier alpha value is -2.36. The van der Waals surface area contributed by atoms with Crippen LogP contribution >= 0.6 is 22.9 Å². The summed E-state index contributed by atoms with van der Waals surface area (Å²) in [5.41, 5.74) is 2.05. The first-order chi connectivity index (χ1) is 11.7. The van der Waals surface area contributed by atoms with Crippen LogP contribution in [0, 0.1) is 0 Å². The second-order valence-electron chi connectivity index (χ2n) is 5.66. The highest BCUT2D eigenvalue weighted by atomic mass is 35.5. The van der Waals surface area contributed by atoms with E-state index in [9.17, 15) is 4.79 Å². The molecule has 0 fully saturated rings. The predicted octanol–water partition coefficient (Wildman–Crippen LogP) is 5.43. The van der Waals surface area contributed by atoms with Gasteiger partial charge in [0.1, 0.15) is 0 Å². The lowest BCUT2D eigenvalue weighted by molar-refractivity contribution is 0.761. The molecule has 2 aromatic carbocycles. The molecule has 118 valence electrons. The van der Waals surface area contributed by atoms with Gasteiger partial charge in [-0.2, -0.15) is 0 Å². The SMILES string of the molecule is O=c1ccc(-c2cc3ccccc3s2)cn1Cc1cccc(Cl)c1. The zero-order chi connectivity index (χ0) is 16.5. The fraction of sp³-hybridized carbons (Fsp3) is 0.0500. The molecular weight excluding hydrogens is 338 g/mol. The molecule has 0 bridgehead atoms. The summed E-state index contributed by atoms with van der Waals surface area (Å²) in [5, 5.41) is 1.91. The number of rotatable bonds is 3. The van der Waals surface area contributed by atoms with E-state index in [0.29, 0.717) is 11.6 Å². The fourth-order valence-electron chi connectivity index (χ4n) is 2.76. The van der Waals surface area contributed by atoms with Crippen LogP contribution in [0.1, 0.15) is 5.56 Å². The van der Waals surface area contributed by atoms with Crippen molar-refractivity contribution in [1.82, 2.24) is 4.57 Å². The second kappa shape index (κ2) is 6.27. The maximum atomic E-state index is 12.2. The number of nitrogens with zero attached hydrogens (tertiary/aromatic N) is 1. The Kier molecular flexibility index (Phi) is 3.97. The summed E-state index contributed by atoms with van der Waals surface area (Å²) in [5.74, 6) is 0. The van der Waals surface area contributed by atoms with Crippen LogP contribution in [-0.2, 0) is 6.54 Å². The van der Waals surface area contributed by atoms with Gasteiger partial charge >= 0.3 is 0 Å². The number of hydrogen-bond acceptors (Lipinski definition) is 2. The fourth-order valence-corrected chi connectivity index (χ4v) is 4.02. The smallest absolute Gasteiger partial charge is 0.250 e. The number of aromatic nitrogens is 1. The van der Waals surface area contributed by atoms with Crippen molar-refractivity contribution < 1.29 is 0 Å². The van der Waals surface area contributed by atoms with E-state index in [4.69, 9.17) is 11.6 Å². The summed E-state index contributed by atoms with van der Waals surface area (Å²) >= 11 is 7.77. The molecule has 0 spiro atoms. The quantitative estimate of drug-likeness (QED) is 0.482. The average Bonchev–Trinajstić information content (AvgIpc) is 3.01. The average molecular weight is 352 g/mol. The Morgan fingerprint density at radius 3 is 2.67 bits per heavy atom. The van der Waals surface area contributed by atoms with Crippen molar-refractivity contribution in [2.45, 2.75) is 6.54 Å². The van der Waals surface area contributed by atoms with Crippen molar-refractivity contribution in [1.29, 1.82) is 0 Å². The molecule has 0 N–H and O–H groups in total. The van der Waals surface area contributed by atoms with E-state index in [0.717, 1.165) is 16.0 Å². The van der Waals surface area contributed by atoms with Crippen LogP contribution in [0.2, 0.25) is 5.02 Å². The van der Waals surface area contributed by atoms with Gasteiger partial charge in [0.05, 0.1) is 6.54 Å². The first kappa shape index (κ1) is 15.2. The summed E-state index contributed by atoms with van der Waals surface area (Å²) in [6.07, 6.45) is 1.92. The molecule has 0 aliphatic heterocycles. The van der Waals surface area contributed by atoms with Gasteiger partial charge in [-0.05, 0) is 41.3 Å². The Balaban J connectivity index is 1.74. The van der Waals surface area contributed by atoms with Gasteiger partial charge in [-0.3, -0.25) is 4.79 Å². The molecule has 0 aliphatic carbocycles. The third kappa shape index (κ3) is 3.01. The molecule has 0 amide bonds.